The Bertz CT molecular complexity index is 441. The third-order valence-electron chi connectivity index (χ3n) is 2.38. The van der Waals surface area contributed by atoms with E-state index in [1.807, 2.05) is 30.3 Å². The van der Waals surface area contributed by atoms with Gasteiger partial charge in [-0.2, -0.15) is 0 Å². The second kappa shape index (κ2) is 6.19. The van der Waals surface area contributed by atoms with E-state index in [-0.39, 0.29) is 6.10 Å². The monoisotopic (exact) mass is 311 g/mol. The van der Waals surface area contributed by atoms with Crippen LogP contribution in [0.5, 0.6) is 5.75 Å². The minimum absolute atomic E-state index is 0.0566. The normalized spacial score (nSPS) is 12.4. The molecule has 4 heteroatoms. The van der Waals surface area contributed by atoms with Crippen molar-refractivity contribution in [3.63, 3.8) is 0 Å². The summed E-state index contributed by atoms with van der Waals surface area (Å²) in [6, 6.07) is 12.0. The largest absolute Gasteiger partial charge is 0.485 e. The van der Waals surface area contributed by atoms with Crippen LogP contribution in [0, 0.1) is 0 Å². The van der Waals surface area contributed by atoms with Crippen molar-refractivity contribution in [2.75, 3.05) is 6.54 Å². The molecule has 0 spiro atoms. The number of nitrogens with two attached hydrogens (primary N) is 1. The Labute approximate surface area is 114 Å². The highest BCUT2D eigenvalue weighted by Gasteiger charge is 2.13. The number of thiophene rings is 1. The molecular formula is C13H14BrNOS. The van der Waals surface area contributed by atoms with Crippen molar-refractivity contribution >= 4 is 27.3 Å². The molecule has 1 atom stereocenters. The van der Waals surface area contributed by atoms with Crippen molar-refractivity contribution < 1.29 is 4.74 Å². The van der Waals surface area contributed by atoms with Gasteiger partial charge in [-0.15, -0.1) is 11.3 Å². The summed E-state index contributed by atoms with van der Waals surface area (Å²) in [6.45, 7) is 0.624. The maximum Gasteiger partial charge on any atom is 0.134 e. The molecule has 1 aromatic heterocycles. The molecule has 0 saturated heterocycles. The third kappa shape index (κ3) is 3.56. The van der Waals surface area contributed by atoms with Crippen LogP contribution in [0.2, 0.25) is 0 Å². The van der Waals surface area contributed by atoms with Gasteiger partial charge in [-0.1, -0.05) is 22.0 Å². The summed E-state index contributed by atoms with van der Waals surface area (Å²) in [5.41, 5.74) is 5.63. The van der Waals surface area contributed by atoms with E-state index in [0.717, 1.165) is 16.6 Å². The van der Waals surface area contributed by atoms with E-state index < -0.39 is 0 Å². The third-order valence-corrected chi connectivity index (χ3v) is 3.87. The topological polar surface area (TPSA) is 35.2 Å². The summed E-state index contributed by atoms with van der Waals surface area (Å²) in [5.74, 6) is 0.875. The lowest BCUT2D eigenvalue weighted by molar-refractivity contribution is 0.201. The average molecular weight is 312 g/mol. The standard InChI is InChI=1S/C13H14BrNOS/c14-10-3-5-11(6-4-10)16-12(7-8-15)13-2-1-9-17-13/h1-6,9,12H,7-8,15H2. The first-order chi connectivity index (χ1) is 8.29. The van der Waals surface area contributed by atoms with Gasteiger partial charge in [0.25, 0.3) is 0 Å². The molecule has 0 amide bonds. The maximum absolute atomic E-state index is 5.96. The fraction of sp³-hybridized carbons (Fsp3) is 0.231. The Morgan fingerprint density at radius 3 is 2.59 bits per heavy atom. The van der Waals surface area contributed by atoms with Crippen LogP contribution >= 0.6 is 27.3 Å². The van der Waals surface area contributed by atoms with E-state index in [9.17, 15) is 0 Å². The van der Waals surface area contributed by atoms with Crippen LogP contribution in [0.1, 0.15) is 17.4 Å². The first kappa shape index (κ1) is 12.6. The molecule has 0 aliphatic rings. The predicted molar refractivity (Wildman–Crippen MR) is 75.5 cm³/mol. The number of benzene rings is 1. The van der Waals surface area contributed by atoms with E-state index >= 15 is 0 Å². The van der Waals surface area contributed by atoms with E-state index in [1.54, 1.807) is 11.3 Å². The molecule has 0 bridgehead atoms. The van der Waals surface area contributed by atoms with Crippen LogP contribution in [0.4, 0.5) is 0 Å². The summed E-state index contributed by atoms with van der Waals surface area (Å²) >= 11 is 5.11. The highest BCUT2D eigenvalue weighted by molar-refractivity contribution is 9.10. The molecule has 90 valence electrons. The fourth-order valence-corrected chi connectivity index (χ4v) is 2.62. The van der Waals surface area contributed by atoms with Gasteiger partial charge in [0.2, 0.25) is 0 Å². The molecular weight excluding hydrogens is 298 g/mol. The number of hydrogen-bond acceptors (Lipinski definition) is 3. The lowest BCUT2D eigenvalue weighted by Gasteiger charge is -2.17. The van der Waals surface area contributed by atoms with Crippen LogP contribution in [0.15, 0.2) is 46.3 Å². The van der Waals surface area contributed by atoms with E-state index in [2.05, 4.69) is 27.4 Å². The van der Waals surface area contributed by atoms with Crippen LogP contribution in [0.25, 0.3) is 0 Å². The molecule has 2 rings (SSSR count). The zero-order valence-electron chi connectivity index (χ0n) is 9.30. The molecule has 2 aromatic rings. The van der Waals surface area contributed by atoms with Gasteiger partial charge in [-0.25, -0.2) is 0 Å². The van der Waals surface area contributed by atoms with E-state index in [1.165, 1.54) is 4.88 Å². The first-order valence-electron chi connectivity index (χ1n) is 5.45. The minimum Gasteiger partial charge on any atom is -0.485 e. The quantitative estimate of drug-likeness (QED) is 0.906. The first-order valence-corrected chi connectivity index (χ1v) is 7.12. The molecule has 0 radical (unpaired) electrons. The van der Waals surface area contributed by atoms with Crippen LogP contribution in [0.3, 0.4) is 0 Å². The van der Waals surface area contributed by atoms with Gasteiger partial charge < -0.3 is 10.5 Å². The molecule has 2 nitrogen and oxygen atoms in total. The highest BCUT2D eigenvalue weighted by Crippen LogP contribution is 2.28. The average Bonchev–Trinajstić information content (AvgIpc) is 2.85. The lowest BCUT2D eigenvalue weighted by atomic mass is 10.2. The summed E-state index contributed by atoms with van der Waals surface area (Å²) in [6.07, 6.45) is 0.887. The van der Waals surface area contributed by atoms with Gasteiger partial charge in [-0.3, -0.25) is 0 Å². The van der Waals surface area contributed by atoms with Crippen molar-refractivity contribution in [2.45, 2.75) is 12.5 Å². The Morgan fingerprint density at radius 2 is 2.00 bits per heavy atom. The van der Waals surface area contributed by atoms with Crippen LogP contribution in [-0.2, 0) is 0 Å². The van der Waals surface area contributed by atoms with Gasteiger partial charge in [0, 0.05) is 15.8 Å². The highest BCUT2D eigenvalue weighted by atomic mass is 79.9. The SMILES string of the molecule is NCCC(Oc1ccc(Br)cc1)c1cccs1. The van der Waals surface area contributed by atoms with Crippen molar-refractivity contribution in [1.29, 1.82) is 0 Å². The molecule has 17 heavy (non-hydrogen) atoms. The minimum atomic E-state index is 0.0566. The second-order valence-corrected chi connectivity index (χ2v) is 5.55. The zero-order valence-corrected chi connectivity index (χ0v) is 11.7. The van der Waals surface area contributed by atoms with Gasteiger partial charge in [0.1, 0.15) is 11.9 Å². The van der Waals surface area contributed by atoms with Gasteiger partial charge >= 0.3 is 0 Å². The number of ether oxygens (including phenoxy) is 1. The Kier molecular flexibility index (Phi) is 4.59. The van der Waals surface area contributed by atoms with Crippen molar-refractivity contribution in [1.82, 2.24) is 0 Å². The smallest absolute Gasteiger partial charge is 0.134 e. The Morgan fingerprint density at radius 1 is 1.24 bits per heavy atom. The molecule has 0 fully saturated rings. The van der Waals surface area contributed by atoms with Crippen LogP contribution < -0.4 is 10.5 Å². The molecule has 1 aromatic carbocycles. The molecule has 0 aliphatic heterocycles. The van der Waals surface area contributed by atoms with Gasteiger partial charge in [-0.05, 0) is 42.3 Å². The summed E-state index contributed by atoms with van der Waals surface area (Å²) in [7, 11) is 0. The molecule has 0 aliphatic carbocycles. The molecule has 1 unspecified atom stereocenters. The van der Waals surface area contributed by atoms with Crippen molar-refractivity contribution in [3.05, 3.63) is 51.1 Å². The Balaban J connectivity index is 2.10. The van der Waals surface area contributed by atoms with Crippen LogP contribution in [-0.4, -0.2) is 6.54 Å². The lowest BCUT2D eigenvalue weighted by Crippen LogP contribution is -2.12. The van der Waals surface area contributed by atoms with Gasteiger partial charge in [0.15, 0.2) is 0 Å². The van der Waals surface area contributed by atoms with Crippen molar-refractivity contribution in [2.24, 2.45) is 5.73 Å². The zero-order chi connectivity index (χ0) is 12.1. The van der Waals surface area contributed by atoms with E-state index in [0.29, 0.717) is 6.54 Å². The number of rotatable bonds is 5. The summed E-state index contributed by atoms with van der Waals surface area (Å²) in [4.78, 5) is 1.22. The summed E-state index contributed by atoms with van der Waals surface area (Å²) < 4.78 is 7.02. The molecule has 1 heterocycles. The predicted octanol–water partition coefficient (Wildman–Crippen LogP) is 3.98. The Hall–Kier alpha value is -0.840. The van der Waals surface area contributed by atoms with Gasteiger partial charge in [0.05, 0.1) is 0 Å². The maximum atomic E-state index is 5.96. The second-order valence-electron chi connectivity index (χ2n) is 3.65. The number of halogens is 1. The van der Waals surface area contributed by atoms with Crippen molar-refractivity contribution in [3.8, 4) is 5.75 Å². The van der Waals surface area contributed by atoms with E-state index in [4.69, 9.17) is 10.5 Å². The molecule has 2 N–H and O–H groups in total. The fourth-order valence-electron chi connectivity index (χ4n) is 1.56. The molecule has 0 saturated carbocycles. The number of hydrogen-bond donors (Lipinski definition) is 1. The summed E-state index contributed by atoms with van der Waals surface area (Å²) in [5, 5.41) is 2.06.